The Balaban J connectivity index is 1.78. The molecule has 0 spiro atoms. The van der Waals surface area contributed by atoms with Gasteiger partial charge in [0.15, 0.2) is 11.4 Å². The Kier molecular flexibility index (Phi) is 2.54. The normalized spacial score (nSPS) is 12.6. The molecule has 0 saturated carbocycles. The fraction of sp³-hybridized carbons (Fsp3) is 0.0476. The summed E-state index contributed by atoms with van der Waals surface area (Å²) in [7, 11) is 0. The van der Waals surface area contributed by atoms with Gasteiger partial charge in [-0.2, -0.15) is 4.57 Å². The quantitative estimate of drug-likeness (QED) is 0.402. The Hall–Kier alpha value is -2.98. The third-order valence-corrected chi connectivity index (χ3v) is 6.20. The summed E-state index contributed by atoms with van der Waals surface area (Å²) in [6, 6.07) is 21.4. The Morgan fingerprint density at radius 1 is 0.960 bits per heavy atom. The second-order valence-electron chi connectivity index (χ2n) is 6.37. The maximum atomic E-state index is 4.40. The van der Waals surface area contributed by atoms with Crippen molar-refractivity contribution in [2.75, 3.05) is 0 Å². The van der Waals surface area contributed by atoms with Crippen molar-refractivity contribution in [1.82, 2.24) is 9.55 Å². The average Bonchev–Trinajstić information content (AvgIpc) is 3.29. The standard InChI is InChI=1S/C21H14N3S/c1-2-7-15(8-3-1)24-18-10-11-22-12-17(18)19-21(24)25-20-16-9-5-4-6-14(16)13-23(19)20/h1-12H,13H2/q+1. The first-order chi connectivity index (χ1) is 12.4. The number of hydrogen-bond acceptors (Lipinski definition) is 2. The zero-order valence-electron chi connectivity index (χ0n) is 13.4. The van der Waals surface area contributed by atoms with Gasteiger partial charge in [0.25, 0.3) is 10.5 Å². The number of aromatic nitrogens is 3. The zero-order valence-corrected chi connectivity index (χ0v) is 14.2. The summed E-state index contributed by atoms with van der Waals surface area (Å²) >= 11 is 1.87. The lowest BCUT2D eigenvalue weighted by Crippen LogP contribution is -2.30. The van der Waals surface area contributed by atoms with Crippen LogP contribution in [0.4, 0.5) is 0 Å². The fourth-order valence-corrected chi connectivity index (χ4v) is 5.29. The number of rotatable bonds is 1. The van der Waals surface area contributed by atoms with Crippen LogP contribution in [0.1, 0.15) is 5.56 Å². The number of hydrogen-bond donors (Lipinski definition) is 0. The van der Waals surface area contributed by atoms with Crippen molar-refractivity contribution >= 4 is 32.6 Å². The van der Waals surface area contributed by atoms with Crippen molar-refractivity contribution in [3.8, 4) is 16.3 Å². The van der Waals surface area contributed by atoms with Crippen LogP contribution in [0, 0.1) is 0 Å². The van der Waals surface area contributed by atoms with Crippen molar-refractivity contribution in [3.63, 3.8) is 0 Å². The molecule has 0 bridgehead atoms. The highest BCUT2D eigenvalue weighted by molar-refractivity contribution is 7.21. The van der Waals surface area contributed by atoms with Crippen molar-refractivity contribution in [2.45, 2.75) is 6.54 Å². The summed E-state index contributed by atoms with van der Waals surface area (Å²) < 4.78 is 4.82. The van der Waals surface area contributed by atoms with Crippen LogP contribution >= 0.6 is 11.3 Å². The van der Waals surface area contributed by atoms with E-state index in [4.69, 9.17) is 0 Å². The number of nitrogens with zero attached hydrogens (tertiary/aromatic N) is 3. The highest BCUT2D eigenvalue weighted by Gasteiger charge is 2.35. The molecular weight excluding hydrogens is 326 g/mol. The molecule has 0 N–H and O–H groups in total. The lowest BCUT2D eigenvalue weighted by atomic mass is 10.1. The van der Waals surface area contributed by atoms with E-state index in [1.165, 1.54) is 43.1 Å². The van der Waals surface area contributed by atoms with E-state index in [9.17, 15) is 0 Å². The van der Waals surface area contributed by atoms with E-state index >= 15 is 0 Å². The Bertz CT molecular complexity index is 1260. The van der Waals surface area contributed by atoms with Gasteiger partial charge in [-0.3, -0.25) is 9.55 Å². The van der Waals surface area contributed by atoms with E-state index in [1.807, 2.05) is 23.7 Å². The minimum atomic E-state index is 0.939. The first-order valence-electron chi connectivity index (χ1n) is 8.36. The molecule has 5 aromatic rings. The number of thiazole rings is 1. The molecule has 1 aliphatic rings. The highest BCUT2D eigenvalue weighted by atomic mass is 32.1. The minimum absolute atomic E-state index is 0.939. The van der Waals surface area contributed by atoms with Crippen LogP contribution in [0.3, 0.4) is 0 Å². The molecule has 0 radical (unpaired) electrons. The van der Waals surface area contributed by atoms with Crippen LogP contribution in [0.5, 0.6) is 0 Å². The minimum Gasteiger partial charge on any atom is -0.295 e. The van der Waals surface area contributed by atoms with E-state index in [-0.39, 0.29) is 0 Å². The number of benzene rings is 2. The monoisotopic (exact) mass is 340 g/mol. The summed E-state index contributed by atoms with van der Waals surface area (Å²) in [5, 5.41) is 2.56. The molecule has 3 nitrogen and oxygen atoms in total. The maximum Gasteiger partial charge on any atom is 0.272 e. The predicted molar refractivity (Wildman–Crippen MR) is 101 cm³/mol. The van der Waals surface area contributed by atoms with Gasteiger partial charge in [0.2, 0.25) is 0 Å². The van der Waals surface area contributed by atoms with Crippen molar-refractivity contribution in [3.05, 3.63) is 78.6 Å². The van der Waals surface area contributed by atoms with Gasteiger partial charge in [0.1, 0.15) is 0 Å². The van der Waals surface area contributed by atoms with E-state index in [1.54, 1.807) is 0 Å². The average molecular weight is 340 g/mol. The summed E-state index contributed by atoms with van der Waals surface area (Å²) in [6.07, 6.45) is 3.88. The van der Waals surface area contributed by atoms with Gasteiger partial charge in [-0.1, -0.05) is 36.4 Å². The van der Waals surface area contributed by atoms with Gasteiger partial charge >= 0.3 is 0 Å². The largest absolute Gasteiger partial charge is 0.295 e. The van der Waals surface area contributed by atoms with Crippen molar-refractivity contribution in [1.29, 1.82) is 0 Å². The third kappa shape index (κ3) is 1.69. The molecule has 25 heavy (non-hydrogen) atoms. The van der Waals surface area contributed by atoms with Crippen LogP contribution in [0.2, 0.25) is 0 Å². The van der Waals surface area contributed by atoms with Gasteiger partial charge < -0.3 is 0 Å². The molecule has 0 atom stereocenters. The molecule has 0 amide bonds. The molecule has 3 aromatic heterocycles. The molecule has 0 aliphatic carbocycles. The third-order valence-electron chi connectivity index (χ3n) is 5.00. The predicted octanol–water partition coefficient (Wildman–Crippen LogP) is 4.56. The summed E-state index contributed by atoms with van der Waals surface area (Å²) in [5.41, 5.74) is 6.47. The lowest BCUT2D eigenvalue weighted by Gasteiger charge is -2.04. The second kappa shape index (κ2) is 4.77. The molecule has 4 heterocycles. The van der Waals surface area contributed by atoms with Gasteiger partial charge in [-0.15, -0.1) is 0 Å². The molecule has 0 unspecified atom stereocenters. The van der Waals surface area contributed by atoms with Crippen LogP contribution in [-0.2, 0) is 6.54 Å². The van der Waals surface area contributed by atoms with E-state index in [0.717, 1.165) is 6.54 Å². The SMILES string of the molecule is c1ccc(-n2c3ccncc3c3c2sc2[n+]3Cc3ccccc3-2)cc1. The first kappa shape index (κ1) is 13.3. The van der Waals surface area contributed by atoms with Crippen LogP contribution in [0.15, 0.2) is 73.1 Å². The topological polar surface area (TPSA) is 21.7 Å². The molecule has 1 aliphatic heterocycles. The van der Waals surface area contributed by atoms with Crippen LogP contribution in [0.25, 0.3) is 37.5 Å². The summed E-state index contributed by atoms with van der Waals surface area (Å²) in [5.74, 6) is 0. The number of para-hydroxylation sites is 1. The smallest absolute Gasteiger partial charge is 0.272 e. The number of fused-ring (bicyclic) bond motifs is 7. The van der Waals surface area contributed by atoms with Crippen LogP contribution < -0.4 is 4.57 Å². The van der Waals surface area contributed by atoms with E-state index in [2.05, 4.69) is 74.8 Å². The zero-order chi connectivity index (χ0) is 16.4. The van der Waals surface area contributed by atoms with Gasteiger partial charge in [0, 0.05) is 23.6 Å². The molecule has 0 saturated heterocycles. The van der Waals surface area contributed by atoms with E-state index in [0.29, 0.717) is 0 Å². The van der Waals surface area contributed by atoms with Crippen LogP contribution in [-0.4, -0.2) is 9.55 Å². The van der Waals surface area contributed by atoms with Gasteiger partial charge in [-0.25, -0.2) is 0 Å². The fourth-order valence-electron chi connectivity index (χ4n) is 3.92. The molecule has 0 fully saturated rings. The lowest BCUT2D eigenvalue weighted by molar-refractivity contribution is -0.641. The first-order valence-corrected chi connectivity index (χ1v) is 9.18. The Morgan fingerprint density at radius 2 is 1.80 bits per heavy atom. The van der Waals surface area contributed by atoms with Crippen molar-refractivity contribution in [2.24, 2.45) is 0 Å². The van der Waals surface area contributed by atoms with E-state index < -0.39 is 0 Å². The number of pyridine rings is 1. The van der Waals surface area contributed by atoms with Gasteiger partial charge in [0.05, 0.1) is 16.5 Å². The maximum absolute atomic E-state index is 4.40. The molecule has 2 aromatic carbocycles. The summed E-state index contributed by atoms with van der Waals surface area (Å²) in [6.45, 7) is 0.939. The second-order valence-corrected chi connectivity index (χ2v) is 7.35. The molecule has 4 heteroatoms. The Labute approximate surface area is 148 Å². The molecular formula is C21H14N3S+. The molecule has 6 rings (SSSR count). The van der Waals surface area contributed by atoms with Gasteiger partial charge in [-0.05, 0) is 35.6 Å². The van der Waals surface area contributed by atoms with Crippen molar-refractivity contribution < 1.29 is 4.57 Å². The summed E-state index contributed by atoms with van der Waals surface area (Å²) in [4.78, 5) is 5.69. The Morgan fingerprint density at radius 3 is 2.72 bits per heavy atom. The molecule has 118 valence electrons. The highest BCUT2D eigenvalue weighted by Crippen LogP contribution is 2.40.